The van der Waals surface area contributed by atoms with Crippen LogP contribution in [0.4, 0.5) is 0 Å². The van der Waals surface area contributed by atoms with E-state index < -0.39 is 0 Å². The van der Waals surface area contributed by atoms with Gasteiger partial charge in [0.25, 0.3) is 0 Å². The highest BCUT2D eigenvalue weighted by molar-refractivity contribution is 5.38. The van der Waals surface area contributed by atoms with Crippen molar-refractivity contribution in [3.63, 3.8) is 0 Å². The molecule has 0 saturated carbocycles. The van der Waals surface area contributed by atoms with Gasteiger partial charge in [-0.3, -0.25) is 0 Å². The third-order valence-corrected chi connectivity index (χ3v) is 3.78. The van der Waals surface area contributed by atoms with Crippen LogP contribution in [0.15, 0.2) is 30.7 Å². The molecule has 0 aliphatic heterocycles. The van der Waals surface area contributed by atoms with Gasteiger partial charge in [-0.05, 0) is 42.5 Å². The van der Waals surface area contributed by atoms with Gasteiger partial charge in [0, 0.05) is 13.1 Å². The Bertz CT molecular complexity index is 577. The van der Waals surface area contributed by atoms with Crippen molar-refractivity contribution in [1.82, 2.24) is 9.55 Å². The van der Waals surface area contributed by atoms with Crippen molar-refractivity contribution in [1.29, 1.82) is 0 Å². The van der Waals surface area contributed by atoms with Gasteiger partial charge in [-0.25, -0.2) is 4.98 Å². The van der Waals surface area contributed by atoms with Crippen LogP contribution >= 0.6 is 0 Å². The van der Waals surface area contributed by atoms with E-state index in [2.05, 4.69) is 17.1 Å². The van der Waals surface area contributed by atoms with E-state index in [1.165, 1.54) is 17.5 Å². The van der Waals surface area contributed by atoms with Gasteiger partial charge in [-0.1, -0.05) is 6.07 Å². The van der Waals surface area contributed by atoms with Crippen LogP contribution < -0.4 is 10.5 Å². The summed E-state index contributed by atoms with van der Waals surface area (Å²) in [6.45, 7) is 0.543. The molecule has 1 unspecified atom stereocenters. The number of nitrogens with zero attached hydrogens (tertiary/aromatic N) is 2. The summed E-state index contributed by atoms with van der Waals surface area (Å²) < 4.78 is 7.80. The maximum atomic E-state index is 6.11. The summed E-state index contributed by atoms with van der Waals surface area (Å²) in [6, 6.07) is 6.44. The first-order chi connectivity index (χ1) is 9.24. The smallest absolute Gasteiger partial charge is 0.130 e. The van der Waals surface area contributed by atoms with Crippen molar-refractivity contribution in [2.45, 2.75) is 31.9 Å². The quantitative estimate of drug-likeness (QED) is 0.918. The molecule has 3 rings (SSSR count). The molecule has 19 heavy (non-hydrogen) atoms. The lowest BCUT2D eigenvalue weighted by Gasteiger charge is -2.22. The number of hydrogen-bond donors (Lipinski definition) is 1. The van der Waals surface area contributed by atoms with Gasteiger partial charge in [0.2, 0.25) is 0 Å². The number of nitrogens with two attached hydrogens (primary N) is 1. The molecule has 100 valence electrons. The van der Waals surface area contributed by atoms with E-state index in [0.29, 0.717) is 6.61 Å². The Hall–Kier alpha value is -1.81. The number of aromatic nitrogens is 2. The molecule has 1 aromatic carbocycles. The zero-order valence-corrected chi connectivity index (χ0v) is 11.2. The molecule has 1 aromatic heterocycles. The highest BCUT2D eigenvalue weighted by Gasteiger charge is 2.17. The fourth-order valence-corrected chi connectivity index (χ4v) is 2.60. The van der Waals surface area contributed by atoms with Crippen LogP contribution in [-0.2, 0) is 20.1 Å². The SMILES string of the molecule is Cn1cncc1COc1ccc2c(c1)CCCC2N. The molecule has 0 amide bonds. The summed E-state index contributed by atoms with van der Waals surface area (Å²) in [5, 5.41) is 0. The lowest BCUT2D eigenvalue weighted by Crippen LogP contribution is -2.17. The van der Waals surface area contributed by atoms with Crippen LogP contribution in [-0.4, -0.2) is 9.55 Å². The Morgan fingerprint density at radius 3 is 3.16 bits per heavy atom. The third kappa shape index (κ3) is 2.49. The predicted molar refractivity (Wildman–Crippen MR) is 73.8 cm³/mol. The van der Waals surface area contributed by atoms with Crippen LogP contribution in [0.3, 0.4) is 0 Å². The minimum atomic E-state index is 0.190. The summed E-state index contributed by atoms with van der Waals surface area (Å²) >= 11 is 0. The first kappa shape index (κ1) is 12.2. The standard InChI is InChI=1S/C15H19N3O/c1-18-10-17-8-12(18)9-19-13-5-6-14-11(7-13)3-2-4-15(14)16/h5-8,10,15H,2-4,9,16H2,1H3. The van der Waals surface area contributed by atoms with E-state index in [1.54, 1.807) is 6.33 Å². The fraction of sp³-hybridized carbons (Fsp3) is 0.400. The van der Waals surface area contributed by atoms with Gasteiger partial charge >= 0.3 is 0 Å². The van der Waals surface area contributed by atoms with Crippen molar-refractivity contribution in [3.05, 3.63) is 47.5 Å². The first-order valence-corrected chi connectivity index (χ1v) is 6.70. The average molecular weight is 257 g/mol. The highest BCUT2D eigenvalue weighted by Crippen LogP contribution is 2.30. The Kier molecular flexibility index (Phi) is 3.25. The molecule has 4 nitrogen and oxygen atoms in total. The maximum Gasteiger partial charge on any atom is 0.130 e. The molecule has 0 spiro atoms. The third-order valence-electron chi connectivity index (χ3n) is 3.78. The van der Waals surface area contributed by atoms with E-state index in [-0.39, 0.29) is 6.04 Å². The Morgan fingerprint density at radius 2 is 2.37 bits per heavy atom. The minimum absolute atomic E-state index is 0.190. The zero-order chi connectivity index (χ0) is 13.2. The van der Waals surface area contributed by atoms with Crippen LogP contribution in [0.25, 0.3) is 0 Å². The van der Waals surface area contributed by atoms with E-state index in [9.17, 15) is 0 Å². The second-order valence-corrected chi connectivity index (χ2v) is 5.14. The largest absolute Gasteiger partial charge is 0.487 e. The Morgan fingerprint density at radius 1 is 1.47 bits per heavy atom. The number of ether oxygens (including phenoxy) is 1. The van der Waals surface area contributed by atoms with Crippen LogP contribution in [0.5, 0.6) is 5.75 Å². The lowest BCUT2D eigenvalue weighted by atomic mass is 9.88. The second kappa shape index (κ2) is 5.05. The van der Waals surface area contributed by atoms with Gasteiger partial charge < -0.3 is 15.0 Å². The van der Waals surface area contributed by atoms with Gasteiger partial charge in [0.1, 0.15) is 12.4 Å². The summed E-state index contributed by atoms with van der Waals surface area (Å²) in [4.78, 5) is 4.08. The number of benzene rings is 1. The van der Waals surface area contributed by atoms with E-state index in [1.807, 2.05) is 23.9 Å². The van der Waals surface area contributed by atoms with Gasteiger partial charge in [-0.15, -0.1) is 0 Å². The molecule has 1 atom stereocenters. The Labute approximate surface area is 113 Å². The maximum absolute atomic E-state index is 6.11. The molecule has 1 aliphatic rings. The number of fused-ring (bicyclic) bond motifs is 1. The molecule has 2 aromatic rings. The zero-order valence-electron chi connectivity index (χ0n) is 11.2. The minimum Gasteiger partial charge on any atom is -0.487 e. The number of imidazole rings is 1. The van der Waals surface area contributed by atoms with Crippen molar-refractivity contribution in [2.75, 3.05) is 0 Å². The van der Waals surface area contributed by atoms with Crippen molar-refractivity contribution >= 4 is 0 Å². The number of hydrogen-bond acceptors (Lipinski definition) is 3. The van der Waals surface area contributed by atoms with Crippen LogP contribution in [0.1, 0.15) is 35.7 Å². The van der Waals surface area contributed by atoms with Gasteiger partial charge in [-0.2, -0.15) is 0 Å². The fourth-order valence-electron chi connectivity index (χ4n) is 2.60. The molecule has 0 bridgehead atoms. The molecule has 0 saturated heterocycles. The number of rotatable bonds is 3. The van der Waals surface area contributed by atoms with Crippen LogP contribution in [0, 0.1) is 0 Å². The predicted octanol–water partition coefficient (Wildman–Crippen LogP) is 2.34. The van der Waals surface area contributed by atoms with E-state index in [4.69, 9.17) is 10.5 Å². The summed E-state index contributed by atoms with van der Waals surface area (Å²) in [5.74, 6) is 0.911. The molecule has 4 heteroatoms. The molecule has 1 aliphatic carbocycles. The molecule has 0 radical (unpaired) electrons. The molecular formula is C15H19N3O. The molecule has 1 heterocycles. The van der Waals surface area contributed by atoms with Crippen molar-refractivity contribution < 1.29 is 4.74 Å². The van der Waals surface area contributed by atoms with Crippen molar-refractivity contribution in [2.24, 2.45) is 12.8 Å². The normalized spacial score (nSPS) is 18.1. The first-order valence-electron chi connectivity index (χ1n) is 6.70. The topological polar surface area (TPSA) is 53.1 Å². The summed E-state index contributed by atoms with van der Waals surface area (Å²) in [6.07, 6.45) is 6.96. The average Bonchev–Trinajstić information content (AvgIpc) is 2.82. The van der Waals surface area contributed by atoms with E-state index >= 15 is 0 Å². The molecule has 0 fully saturated rings. The van der Waals surface area contributed by atoms with Crippen molar-refractivity contribution in [3.8, 4) is 5.75 Å². The second-order valence-electron chi connectivity index (χ2n) is 5.14. The van der Waals surface area contributed by atoms with Gasteiger partial charge in [0.15, 0.2) is 0 Å². The van der Waals surface area contributed by atoms with Crippen LogP contribution in [0.2, 0.25) is 0 Å². The van der Waals surface area contributed by atoms with Gasteiger partial charge in [0.05, 0.1) is 18.2 Å². The monoisotopic (exact) mass is 257 g/mol. The number of aryl methyl sites for hydroxylation is 2. The lowest BCUT2D eigenvalue weighted by molar-refractivity contribution is 0.296. The molecule has 2 N–H and O–H groups in total. The summed E-state index contributed by atoms with van der Waals surface area (Å²) in [5.41, 5.74) is 9.79. The Balaban J connectivity index is 1.74. The highest BCUT2D eigenvalue weighted by atomic mass is 16.5. The summed E-state index contributed by atoms with van der Waals surface area (Å²) in [7, 11) is 1.97. The van der Waals surface area contributed by atoms with E-state index in [0.717, 1.165) is 24.3 Å². The molecular weight excluding hydrogens is 238 g/mol.